The third-order valence-corrected chi connectivity index (χ3v) is 6.28. The molecule has 2 heterocycles. The first kappa shape index (κ1) is 26.2. The molecule has 0 aliphatic carbocycles. The minimum Gasteiger partial charge on any atom is -0.386 e. The van der Waals surface area contributed by atoms with Crippen molar-refractivity contribution in [3.05, 3.63) is 53.9 Å². The van der Waals surface area contributed by atoms with Crippen molar-refractivity contribution >= 4 is 5.91 Å². The predicted octanol–water partition coefficient (Wildman–Crippen LogP) is 1.72. The highest BCUT2D eigenvalue weighted by molar-refractivity contribution is 5.76. The zero-order chi connectivity index (χ0) is 24.8. The number of carbonyl (C=O) groups is 1. The van der Waals surface area contributed by atoms with Crippen molar-refractivity contribution in [2.24, 2.45) is 0 Å². The standard InChI is InChI=1S/C25H34FN3O5/c1-15-4-5-19(14-27-15)17-6-8-18(9-7-17)23(31)20(13-26)28-22(30)10-11-29(3)21-12-16(2)34-25(33)24(21)32/h4-9,14,16,20-21,23-25,31-33H,10-13H2,1-3H3,(H,28,30)/t16-,20-,21+,23-,24-,25-/m1/s1. The second kappa shape index (κ2) is 11.8. The Bertz CT molecular complexity index is 927. The second-order valence-electron chi connectivity index (χ2n) is 8.94. The largest absolute Gasteiger partial charge is 0.386 e. The minimum absolute atomic E-state index is 0.0492. The van der Waals surface area contributed by atoms with Crippen LogP contribution >= 0.6 is 0 Å². The number of amides is 1. The molecule has 0 unspecified atom stereocenters. The van der Waals surface area contributed by atoms with Gasteiger partial charge in [-0.25, -0.2) is 4.39 Å². The number of aryl methyl sites for hydroxylation is 1. The highest BCUT2D eigenvalue weighted by Gasteiger charge is 2.37. The molecule has 4 N–H and O–H groups in total. The van der Waals surface area contributed by atoms with Crippen molar-refractivity contribution in [3.8, 4) is 11.1 Å². The van der Waals surface area contributed by atoms with Crippen LogP contribution in [0, 0.1) is 6.92 Å². The van der Waals surface area contributed by atoms with E-state index >= 15 is 0 Å². The van der Waals surface area contributed by atoms with Gasteiger partial charge in [-0.2, -0.15) is 0 Å². The molecule has 6 atom stereocenters. The highest BCUT2D eigenvalue weighted by atomic mass is 19.1. The fourth-order valence-corrected chi connectivity index (χ4v) is 4.15. The zero-order valence-electron chi connectivity index (χ0n) is 19.8. The average molecular weight is 476 g/mol. The van der Waals surface area contributed by atoms with E-state index in [1.807, 2.05) is 31.2 Å². The number of halogens is 1. The van der Waals surface area contributed by atoms with E-state index in [1.54, 1.807) is 37.2 Å². The van der Waals surface area contributed by atoms with Crippen LogP contribution in [0.25, 0.3) is 11.1 Å². The van der Waals surface area contributed by atoms with Gasteiger partial charge in [0.05, 0.1) is 12.1 Å². The monoisotopic (exact) mass is 475 g/mol. The molecular weight excluding hydrogens is 441 g/mol. The molecule has 1 aliphatic heterocycles. The molecule has 3 rings (SSSR count). The molecule has 1 aliphatic rings. The molecule has 1 amide bonds. The van der Waals surface area contributed by atoms with Crippen molar-refractivity contribution in [1.29, 1.82) is 0 Å². The molecule has 8 nitrogen and oxygen atoms in total. The SMILES string of the molecule is Cc1ccc(-c2ccc([C@@H](O)[C@@H](CF)NC(=O)CCN(C)[C@H]3C[C@@H](C)O[C@@H](O)[C@@H]3O)cc2)cn1. The first-order valence-electron chi connectivity index (χ1n) is 11.5. The Morgan fingerprint density at radius 1 is 1.24 bits per heavy atom. The number of rotatable bonds is 9. The van der Waals surface area contributed by atoms with Crippen LogP contribution in [0.3, 0.4) is 0 Å². The first-order valence-corrected chi connectivity index (χ1v) is 11.5. The molecule has 2 aromatic rings. The summed E-state index contributed by atoms with van der Waals surface area (Å²) in [5, 5.41) is 33.2. The lowest BCUT2D eigenvalue weighted by Gasteiger charge is -2.40. The molecule has 34 heavy (non-hydrogen) atoms. The lowest BCUT2D eigenvalue weighted by atomic mass is 9.98. The predicted molar refractivity (Wildman–Crippen MR) is 125 cm³/mol. The number of likely N-dealkylation sites (N-methyl/N-ethyl adjacent to an activating group) is 1. The summed E-state index contributed by atoms with van der Waals surface area (Å²) < 4.78 is 18.9. The van der Waals surface area contributed by atoms with Gasteiger partial charge in [-0.1, -0.05) is 30.3 Å². The summed E-state index contributed by atoms with van der Waals surface area (Å²) in [6.07, 6.45) is -1.45. The third-order valence-electron chi connectivity index (χ3n) is 6.28. The van der Waals surface area contributed by atoms with Crippen LogP contribution in [0.1, 0.15) is 37.1 Å². The number of hydrogen-bond acceptors (Lipinski definition) is 7. The van der Waals surface area contributed by atoms with E-state index in [0.717, 1.165) is 16.8 Å². The van der Waals surface area contributed by atoms with E-state index in [4.69, 9.17) is 4.74 Å². The van der Waals surface area contributed by atoms with Crippen molar-refractivity contribution in [3.63, 3.8) is 0 Å². The van der Waals surface area contributed by atoms with Crippen molar-refractivity contribution in [1.82, 2.24) is 15.2 Å². The van der Waals surface area contributed by atoms with Crippen molar-refractivity contribution in [2.75, 3.05) is 20.3 Å². The number of alkyl halides is 1. The van der Waals surface area contributed by atoms with Gasteiger partial charge >= 0.3 is 0 Å². The second-order valence-corrected chi connectivity index (χ2v) is 8.94. The fourth-order valence-electron chi connectivity index (χ4n) is 4.15. The Morgan fingerprint density at radius 3 is 2.53 bits per heavy atom. The summed E-state index contributed by atoms with van der Waals surface area (Å²) in [5.41, 5.74) is 3.27. The van der Waals surface area contributed by atoms with Gasteiger partial charge < -0.3 is 30.3 Å². The maximum absolute atomic E-state index is 13.7. The van der Waals surface area contributed by atoms with Gasteiger partial charge in [0.2, 0.25) is 5.91 Å². The Hall–Kier alpha value is -2.43. The molecule has 0 bridgehead atoms. The van der Waals surface area contributed by atoms with E-state index < -0.39 is 37.1 Å². The van der Waals surface area contributed by atoms with Crippen molar-refractivity contribution < 1.29 is 29.2 Å². The Morgan fingerprint density at radius 2 is 1.91 bits per heavy atom. The quantitative estimate of drug-likeness (QED) is 0.437. The van der Waals surface area contributed by atoms with Gasteiger partial charge in [0.25, 0.3) is 0 Å². The van der Waals surface area contributed by atoms with Crippen molar-refractivity contribution in [2.45, 2.75) is 63.4 Å². The van der Waals surface area contributed by atoms with E-state index in [2.05, 4.69) is 10.3 Å². The molecule has 1 fully saturated rings. The summed E-state index contributed by atoms with van der Waals surface area (Å²) in [6, 6.07) is 9.49. The van der Waals surface area contributed by atoms with E-state index in [-0.39, 0.29) is 18.6 Å². The van der Waals surface area contributed by atoms with Crippen LogP contribution in [-0.2, 0) is 9.53 Å². The highest BCUT2D eigenvalue weighted by Crippen LogP contribution is 2.24. The number of ether oxygens (including phenoxy) is 1. The summed E-state index contributed by atoms with van der Waals surface area (Å²) >= 11 is 0. The van der Waals surface area contributed by atoms with Gasteiger partial charge in [-0.05, 0) is 44.5 Å². The molecular formula is C25H34FN3O5. The van der Waals surface area contributed by atoms with Crippen LogP contribution in [0.15, 0.2) is 42.6 Å². The van der Waals surface area contributed by atoms with Gasteiger partial charge in [0.1, 0.15) is 18.9 Å². The lowest BCUT2D eigenvalue weighted by molar-refractivity contribution is -0.231. The summed E-state index contributed by atoms with van der Waals surface area (Å²) in [4.78, 5) is 18.5. The topological polar surface area (TPSA) is 115 Å². The third kappa shape index (κ3) is 6.58. The molecule has 1 aromatic carbocycles. The van der Waals surface area contributed by atoms with Gasteiger partial charge in [-0.3, -0.25) is 9.78 Å². The molecule has 0 saturated carbocycles. The number of carbonyl (C=O) groups excluding carboxylic acids is 1. The Labute approximate surface area is 199 Å². The smallest absolute Gasteiger partial charge is 0.221 e. The summed E-state index contributed by atoms with van der Waals surface area (Å²) in [5.74, 6) is -0.411. The maximum Gasteiger partial charge on any atom is 0.221 e. The van der Waals surface area contributed by atoms with Crippen LogP contribution in [0.2, 0.25) is 0 Å². The molecule has 1 aromatic heterocycles. The Balaban J connectivity index is 1.54. The average Bonchev–Trinajstić information content (AvgIpc) is 2.83. The number of hydrogen-bond donors (Lipinski definition) is 4. The first-order chi connectivity index (χ1) is 16.2. The van der Waals surface area contributed by atoms with E-state index in [1.165, 1.54) is 0 Å². The lowest BCUT2D eigenvalue weighted by Crippen LogP contribution is -2.54. The number of pyridine rings is 1. The van der Waals surface area contributed by atoms with E-state index in [0.29, 0.717) is 18.5 Å². The van der Waals surface area contributed by atoms with Gasteiger partial charge in [-0.15, -0.1) is 0 Å². The minimum atomic E-state index is -1.27. The van der Waals surface area contributed by atoms with Crippen LogP contribution < -0.4 is 5.32 Å². The van der Waals surface area contributed by atoms with Gasteiger partial charge in [0, 0.05) is 36.5 Å². The van der Waals surface area contributed by atoms with Crippen LogP contribution in [0.4, 0.5) is 4.39 Å². The molecule has 186 valence electrons. The van der Waals surface area contributed by atoms with Gasteiger partial charge in [0.15, 0.2) is 6.29 Å². The zero-order valence-corrected chi connectivity index (χ0v) is 19.8. The molecule has 0 spiro atoms. The summed E-state index contributed by atoms with van der Waals surface area (Å²) in [6.45, 7) is 3.09. The number of aliphatic hydroxyl groups excluding tert-OH is 3. The van der Waals surface area contributed by atoms with E-state index in [9.17, 15) is 24.5 Å². The number of aromatic nitrogens is 1. The number of aliphatic hydroxyl groups is 3. The number of nitrogens with zero attached hydrogens (tertiary/aromatic N) is 2. The molecule has 9 heteroatoms. The molecule has 0 radical (unpaired) electrons. The van der Waals surface area contributed by atoms with Crippen LogP contribution in [0.5, 0.6) is 0 Å². The normalized spacial score (nSPS) is 24.6. The van der Waals surface area contributed by atoms with Crippen LogP contribution in [-0.4, -0.2) is 82.0 Å². The summed E-state index contributed by atoms with van der Waals surface area (Å²) in [7, 11) is 1.75. The fraction of sp³-hybridized carbons (Fsp3) is 0.520. The maximum atomic E-state index is 13.7. The number of benzene rings is 1. The number of nitrogens with one attached hydrogen (secondary N) is 1. The Kier molecular flexibility index (Phi) is 9.10. The molecule has 1 saturated heterocycles.